The Morgan fingerprint density at radius 2 is 1.97 bits per heavy atom. The fraction of sp³-hybridized carbons (Fsp3) is 0.455. The quantitative estimate of drug-likeness (QED) is 0.500. The van der Waals surface area contributed by atoms with E-state index in [1.165, 1.54) is 0 Å². The summed E-state index contributed by atoms with van der Waals surface area (Å²) in [7, 11) is 0. The Morgan fingerprint density at radius 1 is 1.19 bits per heavy atom. The molecule has 2 amide bonds. The summed E-state index contributed by atoms with van der Waals surface area (Å²) in [5, 5.41) is 21.5. The highest BCUT2D eigenvalue weighted by Gasteiger charge is 2.55. The van der Waals surface area contributed by atoms with Crippen LogP contribution in [0.5, 0.6) is 0 Å². The molecule has 1 spiro atoms. The van der Waals surface area contributed by atoms with Gasteiger partial charge in [-0.05, 0) is 50.3 Å². The molecule has 0 radical (unpaired) electrons. The van der Waals surface area contributed by atoms with E-state index < -0.39 is 6.09 Å². The molecule has 2 fully saturated rings. The first-order valence-corrected chi connectivity index (χ1v) is 10.8. The van der Waals surface area contributed by atoms with Crippen LogP contribution in [-0.2, 0) is 5.54 Å². The van der Waals surface area contributed by atoms with Crippen molar-refractivity contribution < 1.29 is 14.7 Å². The van der Waals surface area contributed by atoms with Crippen LogP contribution in [0, 0.1) is 6.92 Å². The van der Waals surface area contributed by atoms with Gasteiger partial charge in [-0.15, -0.1) is 0 Å². The molecule has 0 saturated heterocycles. The Hall–Kier alpha value is -3.36. The summed E-state index contributed by atoms with van der Waals surface area (Å²) < 4.78 is 0. The maximum atomic E-state index is 12.7. The smallest absolute Gasteiger partial charge is 0.404 e. The van der Waals surface area contributed by atoms with Crippen molar-refractivity contribution in [2.45, 2.75) is 63.1 Å². The predicted octanol–water partition coefficient (Wildman–Crippen LogP) is 3.25. The third-order valence-electron chi connectivity index (χ3n) is 6.36. The highest BCUT2D eigenvalue weighted by Crippen LogP contribution is 2.51. The number of benzene rings is 1. The van der Waals surface area contributed by atoms with E-state index in [4.69, 9.17) is 4.98 Å². The molecular weight excluding hydrogens is 396 g/mol. The van der Waals surface area contributed by atoms with Crippen LogP contribution in [0.3, 0.4) is 0 Å². The van der Waals surface area contributed by atoms with Crippen molar-refractivity contribution in [2.24, 2.45) is 0 Å². The van der Waals surface area contributed by atoms with Gasteiger partial charge in [0.1, 0.15) is 11.4 Å². The first kappa shape index (κ1) is 19.6. The maximum absolute atomic E-state index is 12.7. The van der Waals surface area contributed by atoms with E-state index in [1.54, 1.807) is 0 Å². The van der Waals surface area contributed by atoms with Gasteiger partial charge in [-0.3, -0.25) is 4.79 Å². The van der Waals surface area contributed by atoms with Gasteiger partial charge in [0, 0.05) is 11.7 Å². The minimum Gasteiger partial charge on any atom is -0.465 e. The van der Waals surface area contributed by atoms with E-state index >= 15 is 0 Å². The zero-order chi connectivity index (χ0) is 21.6. The van der Waals surface area contributed by atoms with Crippen molar-refractivity contribution >= 4 is 29.5 Å². The number of aryl methyl sites for hydroxylation is 1. The van der Waals surface area contributed by atoms with Crippen molar-refractivity contribution in [1.82, 2.24) is 20.6 Å². The first-order valence-electron chi connectivity index (χ1n) is 10.8. The Balaban J connectivity index is 1.50. The second kappa shape index (κ2) is 7.40. The van der Waals surface area contributed by atoms with Crippen molar-refractivity contribution in [3.63, 3.8) is 0 Å². The molecule has 2 heterocycles. The number of fused-ring (bicyclic) bond motifs is 2. The van der Waals surface area contributed by atoms with E-state index in [0.29, 0.717) is 17.3 Å². The second-order valence-electron chi connectivity index (χ2n) is 8.74. The Bertz CT molecular complexity index is 1050. The molecule has 1 aromatic heterocycles. The molecular formula is C22H26N6O3. The van der Waals surface area contributed by atoms with Crippen LogP contribution in [0.15, 0.2) is 24.3 Å². The fourth-order valence-electron chi connectivity index (χ4n) is 4.66. The maximum Gasteiger partial charge on any atom is 0.404 e. The number of aromatic nitrogens is 2. The minimum atomic E-state index is -1.03. The number of nitrogens with one attached hydrogen (secondary N) is 4. The van der Waals surface area contributed by atoms with E-state index in [1.807, 2.05) is 31.2 Å². The first-order chi connectivity index (χ1) is 14.9. The number of carbonyl (C=O) groups excluding carboxylic acids is 1. The van der Waals surface area contributed by atoms with Crippen molar-refractivity contribution in [2.75, 3.05) is 10.6 Å². The van der Waals surface area contributed by atoms with Gasteiger partial charge in [0.15, 0.2) is 0 Å². The number of carbonyl (C=O) groups is 2. The molecule has 3 aliphatic rings. The van der Waals surface area contributed by atoms with Gasteiger partial charge in [-0.1, -0.05) is 25.0 Å². The molecule has 9 heteroatoms. The molecule has 1 aliphatic heterocycles. The topological polar surface area (TPSA) is 128 Å². The van der Waals surface area contributed by atoms with Gasteiger partial charge in [0.25, 0.3) is 5.91 Å². The molecule has 2 aromatic rings. The molecule has 5 N–H and O–H groups in total. The summed E-state index contributed by atoms with van der Waals surface area (Å²) in [6.07, 6.45) is 4.29. The van der Waals surface area contributed by atoms with Crippen LogP contribution < -0.4 is 21.3 Å². The van der Waals surface area contributed by atoms with Crippen LogP contribution in [0.25, 0.3) is 0 Å². The largest absolute Gasteiger partial charge is 0.465 e. The highest BCUT2D eigenvalue weighted by molar-refractivity contribution is 6.04. The number of carboxylic acid groups (broad SMARTS) is 1. The van der Waals surface area contributed by atoms with Gasteiger partial charge in [-0.2, -0.15) is 4.98 Å². The molecule has 9 nitrogen and oxygen atoms in total. The molecule has 31 heavy (non-hydrogen) atoms. The van der Waals surface area contributed by atoms with Crippen LogP contribution in [0.4, 0.5) is 22.2 Å². The third-order valence-corrected chi connectivity index (χ3v) is 6.36. The third kappa shape index (κ3) is 3.75. The lowest BCUT2D eigenvalue weighted by atomic mass is 9.90. The molecule has 0 unspecified atom stereocenters. The van der Waals surface area contributed by atoms with E-state index in [0.717, 1.165) is 55.5 Å². The summed E-state index contributed by atoms with van der Waals surface area (Å²) in [5.74, 6) is 0.732. The van der Waals surface area contributed by atoms with Crippen molar-refractivity contribution in [3.05, 3.63) is 41.1 Å². The van der Waals surface area contributed by atoms with Crippen LogP contribution in [0.1, 0.15) is 60.1 Å². The Morgan fingerprint density at radius 3 is 2.68 bits per heavy atom. The van der Waals surface area contributed by atoms with E-state index in [9.17, 15) is 14.7 Å². The van der Waals surface area contributed by atoms with Gasteiger partial charge in [0.05, 0.1) is 17.3 Å². The number of rotatable bonds is 5. The SMILES string of the molecule is Cc1cccc(Nc2nc(N[C@@H]3CCCC[C@@H]3NC(=O)O)nc3c2C(=O)NC32CC2)c1. The van der Waals surface area contributed by atoms with Gasteiger partial charge in [0.2, 0.25) is 5.95 Å². The zero-order valence-electron chi connectivity index (χ0n) is 17.4. The summed E-state index contributed by atoms with van der Waals surface area (Å²) in [4.78, 5) is 33.3. The van der Waals surface area contributed by atoms with E-state index in [-0.39, 0.29) is 23.5 Å². The lowest BCUT2D eigenvalue weighted by Crippen LogP contribution is -2.48. The summed E-state index contributed by atoms with van der Waals surface area (Å²) in [5.41, 5.74) is 2.78. The number of hydrogen-bond donors (Lipinski definition) is 5. The minimum absolute atomic E-state index is 0.102. The summed E-state index contributed by atoms with van der Waals surface area (Å²) in [6, 6.07) is 7.58. The lowest BCUT2D eigenvalue weighted by Gasteiger charge is -2.32. The fourth-order valence-corrected chi connectivity index (χ4v) is 4.66. The number of hydrogen-bond acceptors (Lipinski definition) is 6. The summed E-state index contributed by atoms with van der Waals surface area (Å²) >= 11 is 0. The molecule has 5 rings (SSSR count). The molecule has 1 aromatic carbocycles. The number of amides is 2. The van der Waals surface area contributed by atoms with Crippen molar-refractivity contribution in [3.8, 4) is 0 Å². The average Bonchev–Trinajstić information content (AvgIpc) is 3.43. The summed E-state index contributed by atoms with van der Waals surface area (Å²) in [6.45, 7) is 2.01. The number of nitrogens with zero attached hydrogens (tertiary/aromatic N) is 2. The zero-order valence-corrected chi connectivity index (χ0v) is 17.4. The Kier molecular flexibility index (Phi) is 4.68. The van der Waals surface area contributed by atoms with Gasteiger partial charge >= 0.3 is 6.09 Å². The monoisotopic (exact) mass is 422 g/mol. The van der Waals surface area contributed by atoms with Gasteiger partial charge < -0.3 is 26.4 Å². The van der Waals surface area contributed by atoms with Gasteiger partial charge in [-0.25, -0.2) is 9.78 Å². The van der Waals surface area contributed by atoms with Crippen LogP contribution >= 0.6 is 0 Å². The molecule has 2 aliphatic carbocycles. The lowest BCUT2D eigenvalue weighted by molar-refractivity contribution is 0.0953. The van der Waals surface area contributed by atoms with E-state index in [2.05, 4.69) is 26.3 Å². The standard InChI is InChI=1S/C22H26N6O3/c1-12-5-4-6-13(11-12)23-18-16-17(22(9-10-22)28-19(16)29)26-20(27-18)24-14-7-2-3-8-15(14)25-21(30)31/h4-6,11,14-15,25H,2-3,7-10H2,1H3,(H,28,29)(H,30,31)(H2,23,24,26,27)/t14-,15+/m1/s1. The highest BCUT2D eigenvalue weighted by atomic mass is 16.4. The van der Waals surface area contributed by atoms with Crippen LogP contribution in [0.2, 0.25) is 0 Å². The molecule has 0 bridgehead atoms. The predicted molar refractivity (Wildman–Crippen MR) is 116 cm³/mol. The Labute approximate surface area is 180 Å². The average molecular weight is 422 g/mol. The normalized spacial score (nSPS) is 23.1. The van der Waals surface area contributed by atoms with Crippen molar-refractivity contribution in [1.29, 1.82) is 0 Å². The number of anilines is 3. The molecule has 2 atom stereocenters. The van der Waals surface area contributed by atoms with Crippen LogP contribution in [-0.4, -0.2) is 39.2 Å². The molecule has 162 valence electrons. The molecule has 2 saturated carbocycles. The second-order valence-corrected chi connectivity index (χ2v) is 8.74.